The third-order valence-electron chi connectivity index (χ3n) is 6.83. The smallest absolute Gasteiger partial charge is 0.242 e. The Morgan fingerprint density at radius 2 is 1.45 bits per heavy atom. The van der Waals surface area contributed by atoms with Gasteiger partial charge >= 0.3 is 0 Å². The maximum atomic E-state index is 13.4. The number of nitrogens with one attached hydrogen (secondary N) is 3. The molecule has 0 spiro atoms. The number of ether oxygens (including phenoxy) is 1. The maximum absolute atomic E-state index is 13.4. The van der Waals surface area contributed by atoms with Crippen LogP contribution in [0.4, 0.5) is 11.4 Å². The first kappa shape index (κ1) is 28.8. The molecule has 4 rings (SSSR count). The van der Waals surface area contributed by atoms with Crippen LogP contribution in [-0.2, 0) is 11.4 Å². The molecule has 40 heavy (non-hydrogen) atoms. The van der Waals surface area contributed by atoms with Crippen molar-refractivity contribution in [1.82, 2.24) is 5.32 Å². The Labute approximate surface area is 239 Å². The van der Waals surface area contributed by atoms with Crippen molar-refractivity contribution in [2.75, 3.05) is 17.2 Å². The van der Waals surface area contributed by atoms with Crippen molar-refractivity contribution < 1.29 is 9.53 Å². The topological polar surface area (TPSA) is 62.4 Å². The zero-order chi connectivity index (χ0) is 28.2. The van der Waals surface area contributed by atoms with Gasteiger partial charge in [0.2, 0.25) is 5.91 Å². The molecule has 0 bridgehead atoms. The van der Waals surface area contributed by atoms with Gasteiger partial charge in [-0.3, -0.25) is 4.79 Å². The number of carbonyl (C=O) groups is 1. The minimum absolute atomic E-state index is 0.00798. The van der Waals surface area contributed by atoms with Crippen molar-refractivity contribution >= 4 is 17.3 Å². The van der Waals surface area contributed by atoms with Gasteiger partial charge in [-0.15, -0.1) is 0 Å². The highest BCUT2D eigenvalue weighted by atomic mass is 16.5. The normalized spacial score (nSPS) is 12.4. The first-order valence-corrected chi connectivity index (χ1v) is 14.2. The molecule has 0 heterocycles. The van der Waals surface area contributed by atoms with E-state index in [-0.39, 0.29) is 18.0 Å². The van der Waals surface area contributed by atoms with Crippen LogP contribution in [0.1, 0.15) is 39.2 Å². The molecule has 0 aliphatic carbocycles. The molecule has 0 aliphatic rings. The predicted molar refractivity (Wildman–Crippen MR) is 167 cm³/mol. The Kier molecular flexibility index (Phi) is 10.6. The lowest BCUT2D eigenvalue weighted by Gasteiger charge is -2.25. The molecule has 0 aliphatic heterocycles. The van der Waals surface area contributed by atoms with E-state index in [0.717, 1.165) is 46.7 Å². The zero-order valence-electron chi connectivity index (χ0n) is 23.8. The first-order chi connectivity index (χ1) is 19.5. The average Bonchev–Trinajstić information content (AvgIpc) is 2.99. The summed E-state index contributed by atoms with van der Waals surface area (Å²) in [7, 11) is 0. The van der Waals surface area contributed by atoms with Crippen molar-refractivity contribution in [3.63, 3.8) is 0 Å². The molecule has 2 atom stereocenters. The number of anilines is 2. The van der Waals surface area contributed by atoms with Gasteiger partial charge in [-0.25, -0.2) is 0 Å². The number of hydrogen-bond acceptors (Lipinski definition) is 4. The van der Waals surface area contributed by atoms with Crippen molar-refractivity contribution in [2.24, 2.45) is 5.92 Å². The van der Waals surface area contributed by atoms with E-state index < -0.39 is 0 Å². The second-order valence-electron chi connectivity index (χ2n) is 10.6. The van der Waals surface area contributed by atoms with Gasteiger partial charge < -0.3 is 20.7 Å². The molecule has 4 aromatic carbocycles. The second-order valence-corrected chi connectivity index (χ2v) is 10.6. The molecule has 0 saturated heterocycles. The molecule has 0 unspecified atom stereocenters. The molecule has 5 nitrogen and oxygen atoms in total. The van der Waals surface area contributed by atoms with Gasteiger partial charge in [0.15, 0.2) is 0 Å². The largest absolute Gasteiger partial charge is 0.489 e. The van der Waals surface area contributed by atoms with Crippen LogP contribution in [0.3, 0.4) is 0 Å². The van der Waals surface area contributed by atoms with Crippen LogP contribution >= 0.6 is 0 Å². The molecule has 3 N–H and O–H groups in total. The molecule has 0 fully saturated rings. The van der Waals surface area contributed by atoms with Gasteiger partial charge in [0.05, 0.1) is 0 Å². The monoisotopic (exact) mass is 535 g/mol. The summed E-state index contributed by atoms with van der Waals surface area (Å²) >= 11 is 0. The van der Waals surface area contributed by atoms with E-state index in [2.05, 4.69) is 73.1 Å². The average molecular weight is 536 g/mol. The number of amides is 1. The Hall–Kier alpha value is -4.25. The summed E-state index contributed by atoms with van der Waals surface area (Å²) in [4.78, 5) is 13.4. The van der Waals surface area contributed by atoms with E-state index in [1.165, 1.54) is 0 Å². The molecule has 0 aromatic heterocycles. The standard InChI is InChI=1S/C35H41N3O2/c1-4-30(24-36-31-18-20-33(21-19-31)40-25-27-12-7-5-8-13-27)38-35(39)34(22-26(2)3)37-32-17-11-16-29(23-32)28-14-9-6-10-15-28/h5-21,23,26,30,34,36-37H,4,22,24-25H2,1-3H3,(H,38,39)/t30-,34-/m0/s1. The molecule has 5 heteroatoms. The summed E-state index contributed by atoms with van der Waals surface area (Å²) < 4.78 is 5.89. The van der Waals surface area contributed by atoms with Crippen LogP contribution in [0, 0.1) is 5.92 Å². The van der Waals surface area contributed by atoms with E-state index in [1.54, 1.807) is 0 Å². The van der Waals surface area contributed by atoms with Crippen molar-refractivity contribution in [1.29, 1.82) is 0 Å². The molecule has 208 valence electrons. The maximum Gasteiger partial charge on any atom is 0.242 e. The van der Waals surface area contributed by atoms with Crippen molar-refractivity contribution in [2.45, 2.75) is 52.3 Å². The predicted octanol–water partition coefficient (Wildman–Crippen LogP) is 7.77. The van der Waals surface area contributed by atoms with E-state index in [9.17, 15) is 4.79 Å². The Morgan fingerprint density at radius 3 is 2.12 bits per heavy atom. The summed E-state index contributed by atoms with van der Waals surface area (Å²) in [5.74, 6) is 1.23. The molecular weight excluding hydrogens is 494 g/mol. The minimum atomic E-state index is -0.318. The van der Waals surface area contributed by atoms with Crippen molar-refractivity contribution in [3.05, 3.63) is 115 Å². The quantitative estimate of drug-likeness (QED) is 0.154. The third-order valence-corrected chi connectivity index (χ3v) is 6.83. The van der Waals surface area contributed by atoms with Gasteiger partial charge in [0, 0.05) is 24.0 Å². The summed E-state index contributed by atoms with van der Waals surface area (Å²) in [6.07, 6.45) is 1.57. The Morgan fingerprint density at radius 1 is 0.775 bits per heavy atom. The van der Waals surface area contributed by atoms with E-state index in [4.69, 9.17) is 4.74 Å². The van der Waals surface area contributed by atoms with Crippen molar-refractivity contribution in [3.8, 4) is 16.9 Å². The molecule has 1 amide bonds. The lowest BCUT2D eigenvalue weighted by atomic mass is 10.0. The SMILES string of the molecule is CC[C@@H](CNc1ccc(OCc2ccccc2)cc1)NC(=O)[C@H](CC(C)C)Nc1cccc(-c2ccccc2)c1. The van der Waals surface area contributed by atoms with E-state index >= 15 is 0 Å². The van der Waals surface area contributed by atoms with E-state index in [1.807, 2.05) is 72.8 Å². The number of benzene rings is 4. The minimum Gasteiger partial charge on any atom is -0.489 e. The lowest BCUT2D eigenvalue weighted by molar-refractivity contribution is -0.122. The number of rotatable bonds is 14. The highest BCUT2D eigenvalue weighted by Crippen LogP contribution is 2.24. The van der Waals surface area contributed by atoms with Gasteiger partial charge in [-0.1, -0.05) is 93.6 Å². The molecular formula is C35H41N3O2. The Balaban J connectivity index is 1.32. The molecule has 4 aromatic rings. The highest BCUT2D eigenvalue weighted by molar-refractivity contribution is 5.85. The van der Waals surface area contributed by atoms with Crippen LogP contribution in [0.15, 0.2) is 109 Å². The summed E-state index contributed by atoms with van der Waals surface area (Å²) in [5.41, 5.74) is 5.36. The summed E-state index contributed by atoms with van der Waals surface area (Å²) in [6.45, 7) is 7.58. The fourth-order valence-electron chi connectivity index (χ4n) is 4.57. The molecule has 0 saturated carbocycles. The van der Waals surface area contributed by atoms with Gasteiger partial charge in [-0.2, -0.15) is 0 Å². The van der Waals surface area contributed by atoms with Crippen LogP contribution in [0.25, 0.3) is 11.1 Å². The van der Waals surface area contributed by atoms with Crippen LogP contribution in [0.2, 0.25) is 0 Å². The molecule has 0 radical (unpaired) electrons. The zero-order valence-corrected chi connectivity index (χ0v) is 23.8. The number of hydrogen-bond donors (Lipinski definition) is 3. The van der Waals surface area contributed by atoms with Gasteiger partial charge in [0.25, 0.3) is 0 Å². The van der Waals surface area contributed by atoms with Crippen LogP contribution in [0.5, 0.6) is 5.75 Å². The fourth-order valence-corrected chi connectivity index (χ4v) is 4.57. The first-order valence-electron chi connectivity index (χ1n) is 14.2. The van der Waals surface area contributed by atoms with E-state index in [0.29, 0.717) is 19.1 Å². The number of carbonyl (C=O) groups excluding carboxylic acids is 1. The lowest BCUT2D eigenvalue weighted by Crippen LogP contribution is -2.47. The van der Waals surface area contributed by atoms with Gasteiger partial charge in [0.1, 0.15) is 18.4 Å². The van der Waals surface area contributed by atoms with Crippen LogP contribution < -0.4 is 20.7 Å². The summed E-state index contributed by atoms with van der Waals surface area (Å²) in [6, 6.07) is 36.4. The Bertz CT molecular complexity index is 1310. The fraction of sp³-hybridized carbons (Fsp3) is 0.286. The summed E-state index contributed by atoms with van der Waals surface area (Å²) in [5, 5.41) is 10.2. The van der Waals surface area contributed by atoms with Crippen LogP contribution in [-0.4, -0.2) is 24.5 Å². The second kappa shape index (κ2) is 14.8. The van der Waals surface area contributed by atoms with Gasteiger partial charge in [-0.05, 0) is 71.8 Å². The highest BCUT2D eigenvalue weighted by Gasteiger charge is 2.22. The third kappa shape index (κ3) is 8.91.